The summed E-state index contributed by atoms with van der Waals surface area (Å²) in [6.07, 6.45) is 1.61. The van der Waals surface area contributed by atoms with Gasteiger partial charge in [0.25, 0.3) is 0 Å². The fraction of sp³-hybridized carbons (Fsp3) is 0.105. The summed E-state index contributed by atoms with van der Waals surface area (Å²) in [7, 11) is 1.61. The molecule has 0 aliphatic carbocycles. The van der Waals surface area contributed by atoms with Gasteiger partial charge in [-0.3, -0.25) is 0 Å². The van der Waals surface area contributed by atoms with Crippen LogP contribution in [0.4, 0.5) is 4.39 Å². The van der Waals surface area contributed by atoms with Gasteiger partial charge in [-0.2, -0.15) is 0 Å². The maximum atomic E-state index is 13.0. The van der Waals surface area contributed by atoms with Crippen LogP contribution in [0.3, 0.4) is 0 Å². The molecule has 2 N–H and O–H groups in total. The average Bonchev–Trinajstić information content (AvgIpc) is 3.34. The van der Waals surface area contributed by atoms with Gasteiger partial charge in [0.15, 0.2) is 11.6 Å². The van der Waals surface area contributed by atoms with E-state index < -0.39 is 0 Å². The number of rotatable bonds is 6. The molecule has 2 heterocycles. The van der Waals surface area contributed by atoms with Gasteiger partial charge in [-0.25, -0.2) is 14.1 Å². The molecule has 0 aliphatic heterocycles. The number of hydrogen-bond donors (Lipinski definition) is 1. The summed E-state index contributed by atoms with van der Waals surface area (Å²) in [6.45, 7) is 0. The fourth-order valence-electron chi connectivity index (χ4n) is 2.56. The second-order valence-electron chi connectivity index (χ2n) is 5.82. The summed E-state index contributed by atoms with van der Waals surface area (Å²) in [5.41, 5.74) is 1.59. The number of oxazole rings is 1. The van der Waals surface area contributed by atoms with E-state index in [1.807, 2.05) is 24.3 Å². The molecule has 9 heteroatoms. The maximum absolute atomic E-state index is 13.0. The lowest BCUT2D eigenvalue weighted by atomic mass is 10.2. The lowest BCUT2D eigenvalue weighted by Gasteiger charge is -2.04. The van der Waals surface area contributed by atoms with Gasteiger partial charge in [-0.15, -0.1) is 10.2 Å². The van der Waals surface area contributed by atoms with Crippen molar-refractivity contribution in [1.82, 2.24) is 19.9 Å². The first-order valence-electron chi connectivity index (χ1n) is 8.32. The molecule has 2 aromatic heterocycles. The van der Waals surface area contributed by atoms with E-state index in [-0.39, 0.29) is 5.82 Å². The Morgan fingerprint density at radius 3 is 2.50 bits per heavy atom. The Morgan fingerprint density at radius 2 is 1.79 bits per heavy atom. The number of ether oxygens (including phenoxy) is 1. The van der Waals surface area contributed by atoms with Gasteiger partial charge in [0.05, 0.1) is 19.1 Å². The van der Waals surface area contributed by atoms with Gasteiger partial charge < -0.3 is 15.0 Å². The summed E-state index contributed by atoms with van der Waals surface area (Å²) >= 11 is 1.36. The number of hydrogen-bond acceptors (Lipinski definition) is 7. The number of thioether (sulfide) groups is 1. The Labute approximate surface area is 164 Å². The van der Waals surface area contributed by atoms with Gasteiger partial charge in [0, 0.05) is 11.1 Å². The second-order valence-corrected chi connectivity index (χ2v) is 6.76. The molecule has 0 unspecified atom stereocenters. The van der Waals surface area contributed by atoms with Crippen molar-refractivity contribution in [2.75, 3.05) is 13.0 Å². The zero-order chi connectivity index (χ0) is 19.5. The number of benzene rings is 2. The number of nitrogen functional groups attached to an aromatic ring is 1. The SMILES string of the molecule is COc1ccc(-c2nnc(SCc3ncc(-c4ccc(F)cc4)o3)n2N)cc1. The van der Waals surface area contributed by atoms with Crippen LogP contribution in [0, 0.1) is 5.82 Å². The normalized spacial score (nSPS) is 10.9. The Bertz CT molecular complexity index is 1080. The monoisotopic (exact) mass is 397 g/mol. The van der Waals surface area contributed by atoms with Crippen molar-refractivity contribution < 1.29 is 13.5 Å². The van der Waals surface area contributed by atoms with Crippen molar-refractivity contribution in [3.05, 3.63) is 66.4 Å². The molecule has 4 rings (SSSR count). The molecule has 2 aromatic carbocycles. The standard InChI is InChI=1S/C19H16FN5O2S/c1-26-15-8-4-13(5-9-15)18-23-24-19(25(18)21)28-11-17-22-10-16(27-17)12-2-6-14(20)7-3-12/h2-10H,11,21H2,1H3. The third-order valence-electron chi connectivity index (χ3n) is 4.02. The van der Waals surface area contributed by atoms with Crippen molar-refractivity contribution in [2.24, 2.45) is 0 Å². The Hall–Kier alpha value is -3.33. The average molecular weight is 397 g/mol. The minimum Gasteiger partial charge on any atom is -0.497 e. The molecule has 0 spiro atoms. The highest BCUT2D eigenvalue weighted by Crippen LogP contribution is 2.27. The first-order valence-corrected chi connectivity index (χ1v) is 9.31. The predicted molar refractivity (Wildman–Crippen MR) is 104 cm³/mol. The molecule has 28 heavy (non-hydrogen) atoms. The van der Waals surface area contributed by atoms with Crippen LogP contribution in [0.2, 0.25) is 0 Å². The van der Waals surface area contributed by atoms with Crippen LogP contribution in [0.25, 0.3) is 22.7 Å². The summed E-state index contributed by atoms with van der Waals surface area (Å²) in [5.74, 6) is 8.65. The number of aromatic nitrogens is 4. The van der Waals surface area contributed by atoms with E-state index >= 15 is 0 Å². The van der Waals surface area contributed by atoms with Crippen LogP contribution in [-0.4, -0.2) is 27.0 Å². The van der Waals surface area contributed by atoms with Gasteiger partial charge in [-0.1, -0.05) is 11.8 Å². The molecular formula is C19H16FN5O2S. The third-order valence-corrected chi connectivity index (χ3v) is 4.95. The van der Waals surface area contributed by atoms with Gasteiger partial charge >= 0.3 is 0 Å². The highest BCUT2D eigenvalue weighted by atomic mass is 32.2. The minimum absolute atomic E-state index is 0.297. The van der Waals surface area contributed by atoms with E-state index in [9.17, 15) is 4.39 Å². The summed E-state index contributed by atoms with van der Waals surface area (Å²) < 4.78 is 25.3. The van der Waals surface area contributed by atoms with Gasteiger partial charge in [-0.05, 0) is 48.5 Å². The first-order chi connectivity index (χ1) is 13.6. The van der Waals surface area contributed by atoms with Crippen molar-refractivity contribution in [1.29, 1.82) is 0 Å². The molecule has 4 aromatic rings. The van der Waals surface area contributed by atoms with Crippen molar-refractivity contribution in [3.63, 3.8) is 0 Å². The summed E-state index contributed by atoms with van der Waals surface area (Å²) in [4.78, 5) is 4.25. The molecule has 142 valence electrons. The number of halogens is 1. The number of nitrogens with zero attached hydrogens (tertiary/aromatic N) is 4. The zero-order valence-corrected chi connectivity index (χ0v) is 15.7. The topological polar surface area (TPSA) is 92.0 Å². The zero-order valence-electron chi connectivity index (χ0n) is 14.9. The highest BCUT2D eigenvalue weighted by Gasteiger charge is 2.14. The Balaban J connectivity index is 1.45. The molecular weight excluding hydrogens is 381 g/mol. The van der Waals surface area contributed by atoms with Crippen LogP contribution >= 0.6 is 11.8 Å². The quantitative estimate of drug-likeness (QED) is 0.391. The third kappa shape index (κ3) is 3.70. The van der Waals surface area contributed by atoms with Crippen LogP contribution < -0.4 is 10.6 Å². The van der Waals surface area contributed by atoms with E-state index in [4.69, 9.17) is 15.0 Å². The van der Waals surface area contributed by atoms with E-state index in [0.29, 0.717) is 28.4 Å². The van der Waals surface area contributed by atoms with E-state index in [0.717, 1.165) is 16.9 Å². The van der Waals surface area contributed by atoms with Gasteiger partial charge in [0.1, 0.15) is 11.6 Å². The molecule has 0 saturated heterocycles. The molecule has 0 radical (unpaired) electrons. The predicted octanol–water partition coefficient (Wildman–Crippen LogP) is 3.75. The number of methoxy groups -OCH3 is 1. The van der Waals surface area contributed by atoms with Crippen LogP contribution in [0.15, 0.2) is 64.3 Å². The van der Waals surface area contributed by atoms with Crippen molar-refractivity contribution in [2.45, 2.75) is 10.9 Å². The molecule has 0 fully saturated rings. The van der Waals surface area contributed by atoms with Crippen molar-refractivity contribution in [3.8, 4) is 28.5 Å². The van der Waals surface area contributed by atoms with E-state index in [1.54, 1.807) is 25.4 Å². The lowest BCUT2D eigenvalue weighted by Crippen LogP contribution is -2.11. The van der Waals surface area contributed by atoms with Crippen LogP contribution in [0.5, 0.6) is 5.75 Å². The molecule has 0 saturated carbocycles. The largest absolute Gasteiger partial charge is 0.497 e. The molecule has 0 bridgehead atoms. The molecule has 0 aliphatic rings. The summed E-state index contributed by atoms with van der Waals surface area (Å²) in [5, 5.41) is 8.82. The van der Waals surface area contributed by atoms with Gasteiger partial charge in [0.2, 0.25) is 11.0 Å². The number of nitrogens with two attached hydrogens (primary N) is 1. The Kier molecular flexibility index (Phi) is 4.98. The summed E-state index contributed by atoms with van der Waals surface area (Å²) in [6, 6.07) is 13.4. The molecule has 7 nitrogen and oxygen atoms in total. The van der Waals surface area contributed by atoms with Crippen LogP contribution in [-0.2, 0) is 5.75 Å². The van der Waals surface area contributed by atoms with Crippen LogP contribution in [0.1, 0.15) is 5.89 Å². The van der Waals surface area contributed by atoms with Crippen molar-refractivity contribution >= 4 is 11.8 Å². The molecule has 0 atom stereocenters. The fourth-order valence-corrected chi connectivity index (χ4v) is 3.27. The smallest absolute Gasteiger partial charge is 0.210 e. The maximum Gasteiger partial charge on any atom is 0.210 e. The van der Waals surface area contributed by atoms with E-state index in [1.165, 1.54) is 28.6 Å². The lowest BCUT2D eigenvalue weighted by molar-refractivity contribution is 0.415. The highest BCUT2D eigenvalue weighted by molar-refractivity contribution is 7.98. The first kappa shape index (κ1) is 18.1. The molecule has 0 amide bonds. The minimum atomic E-state index is -0.297. The Morgan fingerprint density at radius 1 is 1.07 bits per heavy atom. The van der Waals surface area contributed by atoms with E-state index in [2.05, 4.69) is 15.2 Å². The second kappa shape index (κ2) is 7.73.